The molecule has 1 aliphatic carbocycles. The summed E-state index contributed by atoms with van der Waals surface area (Å²) in [6.07, 6.45) is 4.30. The number of hydrogen-bond acceptors (Lipinski definition) is 3. The Bertz CT molecular complexity index is 137. The fourth-order valence-corrected chi connectivity index (χ4v) is 1.80. The monoisotopic (exact) mass is 200 g/mol. The first-order valence-corrected chi connectivity index (χ1v) is 5.87. The van der Waals surface area contributed by atoms with Crippen LogP contribution in [0.3, 0.4) is 0 Å². The highest BCUT2D eigenvalue weighted by atomic mass is 16.5. The van der Waals surface area contributed by atoms with Crippen LogP contribution >= 0.6 is 0 Å². The number of rotatable bonds is 8. The molecule has 0 saturated heterocycles. The SMILES string of the molecule is CCN(CCOCCN)CC1CCC1. The van der Waals surface area contributed by atoms with Gasteiger partial charge in [-0.05, 0) is 25.3 Å². The molecule has 14 heavy (non-hydrogen) atoms. The maximum absolute atomic E-state index is 5.38. The van der Waals surface area contributed by atoms with Crippen molar-refractivity contribution < 1.29 is 4.74 Å². The lowest BCUT2D eigenvalue weighted by Gasteiger charge is -2.31. The van der Waals surface area contributed by atoms with Crippen molar-refractivity contribution in [1.82, 2.24) is 4.90 Å². The highest BCUT2D eigenvalue weighted by Gasteiger charge is 2.19. The second-order valence-electron chi connectivity index (χ2n) is 4.09. The predicted molar refractivity (Wildman–Crippen MR) is 59.3 cm³/mol. The Morgan fingerprint density at radius 2 is 2.14 bits per heavy atom. The lowest BCUT2D eigenvalue weighted by Crippen LogP contribution is -2.35. The minimum absolute atomic E-state index is 0.634. The first kappa shape index (κ1) is 12.0. The zero-order valence-corrected chi connectivity index (χ0v) is 9.37. The van der Waals surface area contributed by atoms with E-state index >= 15 is 0 Å². The summed E-state index contributed by atoms with van der Waals surface area (Å²) in [4.78, 5) is 2.49. The molecule has 84 valence electrons. The van der Waals surface area contributed by atoms with Crippen LogP contribution in [0.2, 0.25) is 0 Å². The summed E-state index contributed by atoms with van der Waals surface area (Å²) in [5, 5.41) is 0. The molecule has 0 amide bonds. The van der Waals surface area contributed by atoms with Crippen LogP contribution in [-0.2, 0) is 4.74 Å². The molecule has 1 rings (SSSR count). The van der Waals surface area contributed by atoms with Gasteiger partial charge in [0.15, 0.2) is 0 Å². The number of nitrogens with zero attached hydrogens (tertiary/aromatic N) is 1. The summed E-state index contributed by atoms with van der Waals surface area (Å²) < 4.78 is 5.38. The van der Waals surface area contributed by atoms with E-state index in [1.807, 2.05) is 0 Å². The summed E-state index contributed by atoms with van der Waals surface area (Å²) in [6.45, 7) is 7.85. The number of hydrogen-bond donors (Lipinski definition) is 1. The van der Waals surface area contributed by atoms with Crippen LogP contribution < -0.4 is 5.73 Å². The Morgan fingerprint density at radius 3 is 2.64 bits per heavy atom. The van der Waals surface area contributed by atoms with E-state index in [1.54, 1.807) is 0 Å². The van der Waals surface area contributed by atoms with Crippen molar-refractivity contribution in [2.75, 3.05) is 39.4 Å². The predicted octanol–water partition coefficient (Wildman–Crippen LogP) is 1.08. The molecule has 0 heterocycles. The third-order valence-corrected chi connectivity index (χ3v) is 3.00. The van der Waals surface area contributed by atoms with Gasteiger partial charge in [0.25, 0.3) is 0 Å². The molecule has 0 radical (unpaired) electrons. The molecule has 0 aromatic carbocycles. The van der Waals surface area contributed by atoms with E-state index in [1.165, 1.54) is 25.8 Å². The average Bonchev–Trinajstić information content (AvgIpc) is 2.14. The quantitative estimate of drug-likeness (QED) is 0.596. The summed E-state index contributed by atoms with van der Waals surface area (Å²) in [7, 11) is 0. The van der Waals surface area contributed by atoms with Crippen molar-refractivity contribution in [2.24, 2.45) is 11.7 Å². The highest BCUT2D eigenvalue weighted by Crippen LogP contribution is 2.26. The molecular formula is C11H24N2O. The Kier molecular flexibility index (Phi) is 6.15. The zero-order valence-electron chi connectivity index (χ0n) is 9.37. The van der Waals surface area contributed by atoms with E-state index in [4.69, 9.17) is 10.5 Å². The molecule has 1 fully saturated rings. The first-order valence-electron chi connectivity index (χ1n) is 5.87. The van der Waals surface area contributed by atoms with Gasteiger partial charge in [0.05, 0.1) is 13.2 Å². The van der Waals surface area contributed by atoms with E-state index in [2.05, 4.69) is 11.8 Å². The van der Waals surface area contributed by atoms with Crippen LogP contribution in [0.25, 0.3) is 0 Å². The zero-order chi connectivity index (χ0) is 10.2. The van der Waals surface area contributed by atoms with Gasteiger partial charge in [-0.1, -0.05) is 13.3 Å². The lowest BCUT2D eigenvalue weighted by atomic mass is 9.85. The highest BCUT2D eigenvalue weighted by molar-refractivity contribution is 4.73. The summed E-state index contributed by atoms with van der Waals surface area (Å²) in [5.74, 6) is 0.962. The van der Waals surface area contributed by atoms with Gasteiger partial charge in [-0.15, -0.1) is 0 Å². The van der Waals surface area contributed by atoms with Crippen molar-refractivity contribution in [1.29, 1.82) is 0 Å². The van der Waals surface area contributed by atoms with Crippen molar-refractivity contribution in [3.8, 4) is 0 Å². The summed E-state index contributed by atoms with van der Waals surface area (Å²) in [6, 6.07) is 0. The molecule has 0 aromatic heterocycles. The molecule has 3 nitrogen and oxygen atoms in total. The maximum atomic E-state index is 5.38. The van der Waals surface area contributed by atoms with Gasteiger partial charge in [-0.25, -0.2) is 0 Å². The fraction of sp³-hybridized carbons (Fsp3) is 1.00. The van der Waals surface area contributed by atoms with E-state index in [9.17, 15) is 0 Å². The minimum Gasteiger partial charge on any atom is -0.379 e. The van der Waals surface area contributed by atoms with Crippen LogP contribution in [0.15, 0.2) is 0 Å². The first-order chi connectivity index (χ1) is 6.86. The van der Waals surface area contributed by atoms with Gasteiger partial charge in [-0.2, -0.15) is 0 Å². The van der Waals surface area contributed by atoms with E-state index in [0.717, 1.165) is 25.6 Å². The second-order valence-corrected chi connectivity index (χ2v) is 4.09. The maximum Gasteiger partial charge on any atom is 0.0594 e. The molecule has 0 atom stereocenters. The van der Waals surface area contributed by atoms with Crippen molar-refractivity contribution in [3.63, 3.8) is 0 Å². The topological polar surface area (TPSA) is 38.5 Å². The largest absolute Gasteiger partial charge is 0.379 e. The molecule has 0 aliphatic heterocycles. The Hall–Kier alpha value is -0.120. The molecule has 0 unspecified atom stereocenters. The number of nitrogens with two attached hydrogens (primary N) is 1. The fourth-order valence-electron chi connectivity index (χ4n) is 1.80. The van der Waals surface area contributed by atoms with Crippen molar-refractivity contribution >= 4 is 0 Å². The molecule has 2 N–H and O–H groups in total. The van der Waals surface area contributed by atoms with E-state index in [0.29, 0.717) is 13.2 Å². The smallest absolute Gasteiger partial charge is 0.0594 e. The van der Waals surface area contributed by atoms with E-state index < -0.39 is 0 Å². The third kappa shape index (κ3) is 4.40. The van der Waals surface area contributed by atoms with Gasteiger partial charge in [0.2, 0.25) is 0 Å². The van der Waals surface area contributed by atoms with Gasteiger partial charge in [0, 0.05) is 19.6 Å². The summed E-state index contributed by atoms with van der Waals surface area (Å²) >= 11 is 0. The van der Waals surface area contributed by atoms with E-state index in [-0.39, 0.29) is 0 Å². The van der Waals surface area contributed by atoms with Crippen LogP contribution in [0.1, 0.15) is 26.2 Å². The molecular weight excluding hydrogens is 176 g/mol. The van der Waals surface area contributed by atoms with Gasteiger partial charge >= 0.3 is 0 Å². The van der Waals surface area contributed by atoms with Crippen LogP contribution in [0.4, 0.5) is 0 Å². The average molecular weight is 200 g/mol. The Morgan fingerprint density at radius 1 is 1.36 bits per heavy atom. The molecule has 0 aromatic rings. The second kappa shape index (κ2) is 7.21. The third-order valence-electron chi connectivity index (χ3n) is 3.00. The minimum atomic E-state index is 0.634. The molecule has 1 aliphatic rings. The molecule has 0 spiro atoms. The van der Waals surface area contributed by atoms with Crippen LogP contribution in [0.5, 0.6) is 0 Å². The molecule has 1 saturated carbocycles. The standard InChI is InChI=1S/C11H24N2O/c1-2-13(7-9-14-8-6-12)10-11-4-3-5-11/h11H,2-10,12H2,1H3. The summed E-state index contributed by atoms with van der Waals surface area (Å²) in [5.41, 5.74) is 5.35. The normalized spacial score (nSPS) is 17.4. The lowest BCUT2D eigenvalue weighted by molar-refractivity contribution is 0.0961. The van der Waals surface area contributed by atoms with Crippen LogP contribution in [0, 0.1) is 5.92 Å². The van der Waals surface area contributed by atoms with Gasteiger partial charge in [0.1, 0.15) is 0 Å². The Balaban J connectivity index is 1.99. The molecule has 0 bridgehead atoms. The van der Waals surface area contributed by atoms with Gasteiger partial charge in [-0.3, -0.25) is 0 Å². The number of ether oxygens (including phenoxy) is 1. The van der Waals surface area contributed by atoms with Crippen LogP contribution in [-0.4, -0.2) is 44.3 Å². The van der Waals surface area contributed by atoms with Gasteiger partial charge < -0.3 is 15.4 Å². The Labute approximate surface area is 87.6 Å². The number of likely N-dealkylation sites (N-methyl/N-ethyl adjacent to an activating group) is 1. The molecule has 3 heteroatoms. The van der Waals surface area contributed by atoms with Crippen molar-refractivity contribution in [3.05, 3.63) is 0 Å². The van der Waals surface area contributed by atoms with Crippen molar-refractivity contribution in [2.45, 2.75) is 26.2 Å².